The van der Waals surface area contributed by atoms with E-state index in [-0.39, 0.29) is 23.7 Å². The van der Waals surface area contributed by atoms with Crippen LogP contribution in [0.15, 0.2) is 29.2 Å². The number of sulfonamides is 1. The van der Waals surface area contributed by atoms with Crippen molar-refractivity contribution in [2.24, 2.45) is 0 Å². The summed E-state index contributed by atoms with van der Waals surface area (Å²) in [6, 6.07) is 5.02. The average molecular weight is 348 g/mol. The minimum absolute atomic E-state index is 0.0575. The van der Waals surface area contributed by atoms with Crippen molar-refractivity contribution < 1.29 is 26.7 Å². The fourth-order valence-corrected chi connectivity index (χ4v) is 4.43. The molecule has 0 bridgehead atoms. The Labute approximate surface area is 133 Å². The molecule has 3 rings (SSSR count). The van der Waals surface area contributed by atoms with Crippen LogP contribution >= 0.6 is 0 Å². The molecular formula is C14H18F2N2O4S. The van der Waals surface area contributed by atoms with Crippen molar-refractivity contribution in [1.29, 1.82) is 0 Å². The van der Waals surface area contributed by atoms with Gasteiger partial charge in [-0.1, -0.05) is 0 Å². The van der Waals surface area contributed by atoms with E-state index >= 15 is 0 Å². The molecule has 0 radical (unpaired) electrons. The van der Waals surface area contributed by atoms with Crippen molar-refractivity contribution in [3.8, 4) is 5.75 Å². The second-order valence-electron chi connectivity index (χ2n) is 5.65. The highest BCUT2D eigenvalue weighted by Gasteiger charge is 2.43. The van der Waals surface area contributed by atoms with Crippen molar-refractivity contribution in [1.82, 2.24) is 9.62 Å². The average Bonchev–Trinajstić information content (AvgIpc) is 2.95. The zero-order valence-corrected chi connectivity index (χ0v) is 13.2. The number of hydrogen-bond donors (Lipinski definition) is 1. The normalized spacial score (nSPS) is 26.0. The molecule has 128 valence electrons. The number of nitrogens with one attached hydrogen (secondary N) is 1. The predicted molar refractivity (Wildman–Crippen MR) is 78.0 cm³/mol. The van der Waals surface area contributed by atoms with E-state index in [4.69, 9.17) is 4.74 Å². The number of hydrogen-bond acceptors (Lipinski definition) is 5. The Morgan fingerprint density at radius 3 is 2.65 bits per heavy atom. The van der Waals surface area contributed by atoms with Gasteiger partial charge in [0.2, 0.25) is 10.0 Å². The lowest BCUT2D eigenvalue weighted by Crippen LogP contribution is -2.54. The van der Waals surface area contributed by atoms with Gasteiger partial charge in [0, 0.05) is 19.6 Å². The Bertz CT molecular complexity index is 645. The molecule has 2 heterocycles. The topological polar surface area (TPSA) is 67.9 Å². The molecular weight excluding hydrogens is 330 g/mol. The first kappa shape index (κ1) is 16.6. The lowest BCUT2D eigenvalue weighted by atomic mass is 10.0. The van der Waals surface area contributed by atoms with Gasteiger partial charge in [-0.3, -0.25) is 0 Å². The summed E-state index contributed by atoms with van der Waals surface area (Å²) in [7, 11) is -3.69. The van der Waals surface area contributed by atoms with E-state index in [0.29, 0.717) is 13.2 Å². The summed E-state index contributed by atoms with van der Waals surface area (Å²) in [6.07, 6.45) is 0.764. The minimum Gasteiger partial charge on any atom is -0.435 e. The molecule has 9 heteroatoms. The van der Waals surface area contributed by atoms with Crippen LogP contribution < -0.4 is 10.1 Å². The van der Waals surface area contributed by atoms with Gasteiger partial charge in [-0.05, 0) is 37.2 Å². The molecule has 1 unspecified atom stereocenters. The van der Waals surface area contributed by atoms with Gasteiger partial charge in [-0.2, -0.15) is 13.1 Å². The summed E-state index contributed by atoms with van der Waals surface area (Å²) in [6.45, 7) is -0.607. The van der Waals surface area contributed by atoms with Gasteiger partial charge in [0.15, 0.2) is 0 Å². The van der Waals surface area contributed by atoms with E-state index in [0.717, 1.165) is 13.0 Å². The molecule has 0 aliphatic carbocycles. The molecule has 0 aromatic heterocycles. The zero-order chi connectivity index (χ0) is 16.5. The van der Waals surface area contributed by atoms with Crippen LogP contribution in [0.2, 0.25) is 0 Å². The third kappa shape index (κ3) is 3.47. The summed E-state index contributed by atoms with van der Waals surface area (Å²) >= 11 is 0. The molecule has 6 nitrogen and oxygen atoms in total. The third-order valence-corrected chi connectivity index (χ3v) is 5.96. The summed E-state index contributed by atoms with van der Waals surface area (Å²) < 4.78 is 61.1. The number of alkyl halides is 2. The van der Waals surface area contributed by atoms with Crippen LogP contribution in [-0.2, 0) is 14.8 Å². The maximum Gasteiger partial charge on any atom is 0.387 e. The minimum atomic E-state index is -3.69. The molecule has 1 spiro atoms. The SMILES string of the molecule is O=S(=O)(c1ccc(OC(F)F)cc1)N1CCOC2(CCNC2)C1. The Morgan fingerprint density at radius 2 is 2.04 bits per heavy atom. The predicted octanol–water partition coefficient (Wildman–Crippen LogP) is 1.04. The summed E-state index contributed by atoms with van der Waals surface area (Å²) in [5.41, 5.74) is -0.468. The molecule has 1 atom stereocenters. The van der Waals surface area contributed by atoms with Crippen molar-refractivity contribution in [3.05, 3.63) is 24.3 Å². The molecule has 2 aliphatic heterocycles. The van der Waals surface area contributed by atoms with Gasteiger partial charge in [-0.15, -0.1) is 0 Å². The molecule has 0 saturated carbocycles. The van der Waals surface area contributed by atoms with Crippen molar-refractivity contribution in [3.63, 3.8) is 0 Å². The Morgan fingerprint density at radius 1 is 1.30 bits per heavy atom. The monoisotopic (exact) mass is 348 g/mol. The first-order chi connectivity index (χ1) is 10.9. The molecule has 23 heavy (non-hydrogen) atoms. The van der Waals surface area contributed by atoms with Gasteiger partial charge in [0.25, 0.3) is 0 Å². The standard InChI is InChI=1S/C14H18F2N2O4S/c15-13(16)22-11-1-3-12(4-2-11)23(19,20)18-7-8-21-14(10-18)5-6-17-9-14/h1-4,13,17H,5-10H2. The summed E-state index contributed by atoms with van der Waals surface area (Å²) in [4.78, 5) is 0.0575. The van der Waals surface area contributed by atoms with Crippen LogP contribution in [0.25, 0.3) is 0 Å². The maximum atomic E-state index is 12.7. The lowest BCUT2D eigenvalue weighted by Gasteiger charge is -2.39. The summed E-state index contributed by atoms with van der Waals surface area (Å²) in [5.74, 6) is -0.0719. The molecule has 1 N–H and O–H groups in total. The van der Waals surface area contributed by atoms with Crippen LogP contribution in [-0.4, -0.2) is 57.7 Å². The molecule has 0 amide bonds. The molecule has 1 aromatic rings. The van der Waals surface area contributed by atoms with E-state index in [2.05, 4.69) is 10.1 Å². The van der Waals surface area contributed by atoms with Crippen molar-refractivity contribution in [2.75, 3.05) is 32.8 Å². The second-order valence-corrected chi connectivity index (χ2v) is 7.58. The lowest BCUT2D eigenvalue weighted by molar-refractivity contribution is -0.0753. The van der Waals surface area contributed by atoms with Gasteiger partial charge in [-0.25, -0.2) is 8.42 Å². The Kier molecular flexibility index (Phi) is 4.54. The van der Waals surface area contributed by atoms with Crippen LogP contribution in [0.4, 0.5) is 8.78 Å². The fourth-order valence-electron chi connectivity index (χ4n) is 2.94. The molecule has 1 aromatic carbocycles. The quantitative estimate of drug-likeness (QED) is 0.881. The van der Waals surface area contributed by atoms with Crippen LogP contribution in [0.1, 0.15) is 6.42 Å². The van der Waals surface area contributed by atoms with Gasteiger partial charge < -0.3 is 14.8 Å². The third-order valence-electron chi connectivity index (χ3n) is 4.10. The molecule has 2 saturated heterocycles. The number of nitrogens with zero attached hydrogens (tertiary/aromatic N) is 1. The number of halogens is 2. The smallest absolute Gasteiger partial charge is 0.387 e. The number of morpholine rings is 1. The van der Waals surface area contributed by atoms with Crippen LogP contribution in [0, 0.1) is 0 Å². The Hall–Kier alpha value is -1.29. The first-order valence-corrected chi connectivity index (χ1v) is 8.75. The van der Waals surface area contributed by atoms with Crippen LogP contribution in [0.3, 0.4) is 0 Å². The number of benzene rings is 1. The highest BCUT2D eigenvalue weighted by molar-refractivity contribution is 7.89. The van der Waals surface area contributed by atoms with E-state index in [1.807, 2.05) is 0 Å². The summed E-state index contributed by atoms with van der Waals surface area (Å²) in [5, 5.41) is 3.19. The Balaban J connectivity index is 1.77. The largest absolute Gasteiger partial charge is 0.435 e. The van der Waals surface area contributed by atoms with E-state index in [1.165, 1.54) is 28.6 Å². The fraction of sp³-hybridized carbons (Fsp3) is 0.571. The highest BCUT2D eigenvalue weighted by Crippen LogP contribution is 2.29. The van der Waals surface area contributed by atoms with E-state index in [9.17, 15) is 17.2 Å². The van der Waals surface area contributed by atoms with Crippen molar-refractivity contribution >= 4 is 10.0 Å². The van der Waals surface area contributed by atoms with Gasteiger partial charge >= 0.3 is 6.61 Å². The number of rotatable bonds is 4. The maximum absolute atomic E-state index is 12.7. The van der Waals surface area contributed by atoms with Crippen LogP contribution in [0.5, 0.6) is 5.75 Å². The van der Waals surface area contributed by atoms with E-state index < -0.39 is 22.2 Å². The zero-order valence-electron chi connectivity index (χ0n) is 12.4. The van der Waals surface area contributed by atoms with E-state index in [1.54, 1.807) is 0 Å². The highest BCUT2D eigenvalue weighted by atomic mass is 32.2. The first-order valence-electron chi connectivity index (χ1n) is 7.31. The number of ether oxygens (including phenoxy) is 2. The molecule has 2 fully saturated rings. The van der Waals surface area contributed by atoms with Gasteiger partial charge in [0.1, 0.15) is 5.75 Å². The van der Waals surface area contributed by atoms with Crippen molar-refractivity contribution in [2.45, 2.75) is 23.5 Å². The molecule has 2 aliphatic rings. The second kappa shape index (κ2) is 6.31. The van der Waals surface area contributed by atoms with Gasteiger partial charge in [0.05, 0.1) is 17.1 Å².